The van der Waals surface area contributed by atoms with Gasteiger partial charge in [0.05, 0.1) is 17.6 Å². The zero-order valence-corrected chi connectivity index (χ0v) is 13.8. The van der Waals surface area contributed by atoms with Crippen LogP contribution in [0, 0.1) is 6.92 Å². The first-order valence-electron chi connectivity index (χ1n) is 8.02. The second kappa shape index (κ2) is 6.73. The molecule has 0 aliphatic rings. The number of nitrogens with one attached hydrogen (secondary N) is 1. The summed E-state index contributed by atoms with van der Waals surface area (Å²) in [7, 11) is 1.90. The van der Waals surface area contributed by atoms with Crippen LogP contribution in [0.2, 0.25) is 0 Å². The van der Waals surface area contributed by atoms with E-state index in [0.717, 1.165) is 41.9 Å². The summed E-state index contributed by atoms with van der Waals surface area (Å²) in [4.78, 5) is 13.3. The van der Waals surface area contributed by atoms with Crippen molar-refractivity contribution in [2.45, 2.75) is 39.2 Å². The maximum atomic E-state index is 4.59. The number of hydrogen-bond acceptors (Lipinski definition) is 5. The molecular formula is C17H22N6. The van der Waals surface area contributed by atoms with Gasteiger partial charge >= 0.3 is 0 Å². The normalized spacial score (nSPS) is 12.5. The maximum absolute atomic E-state index is 4.59. The Morgan fingerprint density at radius 1 is 1.26 bits per heavy atom. The summed E-state index contributed by atoms with van der Waals surface area (Å²) in [6.45, 7) is 4.11. The third-order valence-electron chi connectivity index (χ3n) is 3.95. The number of unbranched alkanes of at least 4 members (excludes halogenated alkanes) is 1. The molecule has 0 aromatic carbocycles. The Labute approximate surface area is 136 Å². The van der Waals surface area contributed by atoms with Crippen molar-refractivity contribution >= 4 is 16.9 Å². The highest BCUT2D eigenvalue weighted by Gasteiger charge is 2.16. The summed E-state index contributed by atoms with van der Waals surface area (Å²) in [5, 5.41) is 8.83. The molecule has 3 aromatic rings. The van der Waals surface area contributed by atoms with Crippen LogP contribution >= 0.6 is 0 Å². The zero-order valence-electron chi connectivity index (χ0n) is 13.8. The van der Waals surface area contributed by atoms with E-state index in [4.69, 9.17) is 0 Å². The molecule has 0 bridgehead atoms. The highest BCUT2D eigenvalue weighted by molar-refractivity contribution is 5.86. The summed E-state index contributed by atoms with van der Waals surface area (Å²) in [5.74, 6) is 1.58. The number of rotatable bonds is 6. The average Bonchev–Trinajstić information content (AvgIpc) is 2.93. The predicted octanol–water partition coefficient (Wildman–Crippen LogP) is 3.41. The maximum Gasteiger partial charge on any atom is 0.163 e. The predicted molar refractivity (Wildman–Crippen MR) is 91.2 cm³/mol. The minimum Gasteiger partial charge on any atom is -0.362 e. The Bertz CT molecular complexity index is 780. The first kappa shape index (κ1) is 15.4. The van der Waals surface area contributed by atoms with E-state index in [1.54, 1.807) is 10.9 Å². The van der Waals surface area contributed by atoms with Crippen LogP contribution in [-0.4, -0.2) is 24.7 Å². The van der Waals surface area contributed by atoms with E-state index in [1.807, 2.05) is 32.4 Å². The molecule has 1 N–H and O–H groups in total. The molecule has 0 radical (unpaired) electrons. The standard InChI is InChI=1S/C17H22N6/c1-4-5-8-15(13-7-6-9-18-10-13)22-16-14-11-19-23(3)17(14)21-12(2)20-16/h6-7,9-11,15H,4-5,8H2,1-3H3,(H,20,21,22)/t15-/m1/s1. The molecule has 23 heavy (non-hydrogen) atoms. The topological polar surface area (TPSA) is 68.5 Å². The molecule has 3 aromatic heterocycles. The van der Waals surface area contributed by atoms with Crippen molar-refractivity contribution in [3.63, 3.8) is 0 Å². The summed E-state index contributed by atoms with van der Waals surface area (Å²) < 4.78 is 1.78. The molecule has 0 saturated heterocycles. The molecule has 6 nitrogen and oxygen atoms in total. The van der Waals surface area contributed by atoms with Gasteiger partial charge in [-0.15, -0.1) is 0 Å². The van der Waals surface area contributed by atoms with Gasteiger partial charge in [-0.3, -0.25) is 9.67 Å². The number of pyridine rings is 1. The fourth-order valence-corrected chi connectivity index (χ4v) is 2.72. The first-order valence-corrected chi connectivity index (χ1v) is 8.02. The molecule has 0 aliphatic carbocycles. The van der Waals surface area contributed by atoms with Crippen molar-refractivity contribution in [1.82, 2.24) is 24.7 Å². The lowest BCUT2D eigenvalue weighted by Gasteiger charge is -2.20. The zero-order chi connectivity index (χ0) is 16.2. The van der Waals surface area contributed by atoms with E-state index in [9.17, 15) is 0 Å². The summed E-state index contributed by atoms with van der Waals surface area (Å²) in [6.07, 6.45) is 8.87. The van der Waals surface area contributed by atoms with E-state index in [-0.39, 0.29) is 6.04 Å². The Kier molecular flexibility index (Phi) is 4.50. The van der Waals surface area contributed by atoms with Gasteiger partial charge in [-0.25, -0.2) is 9.97 Å². The van der Waals surface area contributed by atoms with Crippen LogP contribution in [0.5, 0.6) is 0 Å². The van der Waals surface area contributed by atoms with Crippen LogP contribution in [0.25, 0.3) is 11.0 Å². The second-order valence-corrected chi connectivity index (χ2v) is 5.75. The molecule has 120 valence electrons. The molecule has 0 unspecified atom stereocenters. The first-order chi connectivity index (χ1) is 11.2. The van der Waals surface area contributed by atoms with Crippen LogP contribution in [0.1, 0.15) is 43.6 Å². The molecule has 3 rings (SSSR count). The highest BCUT2D eigenvalue weighted by atomic mass is 15.3. The van der Waals surface area contributed by atoms with Gasteiger partial charge in [0.2, 0.25) is 0 Å². The fraction of sp³-hybridized carbons (Fsp3) is 0.412. The summed E-state index contributed by atoms with van der Waals surface area (Å²) in [6, 6.07) is 4.26. The number of nitrogens with zero attached hydrogens (tertiary/aromatic N) is 5. The minimum absolute atomic E-state index is 0.182. The number of anilines is 1. The quantitative estimate of drug-likeness (QED) is 0.755. The lowest BCUT2D eigenvalue weighted by atomic mass is 10.0. The van der Waals surface area contributed by atoms with Gasteiger partial charge < -0.3 is 5.32 Å². The van der Waals surface area contributed by atoms with Crippen molar-refractivity contribution in [2.75, 3.05) is 5.32 Å². The van der Waals surface area contributed by atoms with Crippen molar-refractivity contribution in [3.8, 4) is 0 Å². The second-order valence-electron chi connectivity index (χ2n) is 5.75. The van der Waals surface area contributed by atoms with Gasteiger partial charge in [0, 0.05) is 19.4 Å². The van der Waals surface area contributed by atoms with E-state index in [0.29, 0.717) is 0 Å². The minimum atomic E-state index is 0.182. The van der Waals surface area contributed by atoms with Gasteiger partial charge in [-0.2, -0.15) is 5.10 Å². The van der Waals surface area contributed by atoms with E-state index < -0.39 is 0 Å². The molecule has 0 amide bonds. The van der Waals surface area contributed by atoms with Gasteiger partial charge in [0.15, 0.2) is 5.65 Å². The summed E-state index contributed by atoms with van der Waals surface area (Å²) in [5.41, 5.74) is 2.02. The Morgan fingerprint density at radius 3 is 2.87 bits per heavy atom. The molecule has 0 fully saturated rings. The third kappa shape index (κ3) is 3.31. The Hall–Kier alpha value is -2.50. The van der Waals surface area contributed by atoms with Crippen LogP contribution in [0.15, 0.2) is 30.7 Å². The lowest BCUT2D eigenvalue weighted by molar-refractivity contribution is 0.631. The van der Waals surface area contributed by atoms with Crippen LogP contribution in [-0.2, 0) is 7.05 Å². The smallest absolute Gasteiger partial charge is 0.163 e. The third-order valence-corrected chi connectivity index (χ3v) is 3.95. The fourth-order valence-electron chi connectivity index (χ4n) is 2.72. The molecule has 0 aliphatic heterocycles. The number of fused-ring (bicyclic) bond motifs is 1. The van der Waals surface area contributed by atoms with Gasteiger partial charge in [-0.1, -0.05) is 25.8 Å². The average molecular weight is 310 g/mol. The van der Waals surface area contributed by atoms with Gasteiger partial charge in [0.1, 0.15) is 11.6 Å². The lowest BCUT2D eigenvalue weighted by Crippen LogP contribution is -2.13. The van der Waals surface area contributed by atoms with Crippen LogP contribution in [0.3, 0.4) is 0 Å². The van der Waals surface area contributed by atoms with Crippen LogP contribution < -0.4 is 5.32 Å². The number of aryl methyl sites for hydroxylation is 2. The molecule has 1 atom stereocenters. The molecule has 0 saturated carbocycles. The van der Waals surface area contributed by atoms with E-state index in [1.165, 1.54) is 5.56 Å². The van der Waals surface area contributed by atoms with E-state index in [2.05, 4.69) is 38.4 Å². The Morgan fingerprint density at radius 2 is 2.13 bits per heavy atom. The molecular weight excluding hydrogens is 288 g/mol. The largest absolute Gasteiger partial charge is 0.362 e. The molecule has 6 heteroatoms. The number of aromatic nitrogens is 5. The SMILES string of the molecule is CCCC[C@@H](Nc1nc(C)nc2c1cnn2C)c1cccnc1. The van der Waals surface area contributed by atoms with Crippen molar-refractivity contribution in [2.24, 2.45) is 7.05 Å². The summed E-state index contributed by atoms with van der Waals surface area (Å²) >= 11 is 0. The van der Waals surface area contributed by atoms with Gasteiger partial charge in [0.25, 0.3) is 0 Å². The monoisotopic (exact) mass is 310 g/mol. The van der Waals surface area contributed by atoms with Crippen molar-refractivity contribution in [3.05, 3.63) is 42.1 Å². The highest BCUT2D eigenvalue weighted by Crippen LogP contribution is 2.27. The van der Waals surface area contributed by atoms with Gasteiger partial charge in [-0.05, 0) is 25.0 Å². The van der Waals surface area contributed by atoms with Crippen molar-refractivity contribution in [1.29, 1.82) is 0 Å². The Balaban J connectivity index is 1.96. The van der Waals surface area contributed by atoms with Crippen LogP contribution in [0.4, 0.5) is 5.82 Å². The van der Waals surface area contributed by atoms with Crippen molar-refractivity contribution < 1.29 is 0 Å². The molecule has 3 heterocycles. The number of hydrogen-bond donors (Lipinski definition) is 1. The molecule has 0 spiro atoms. The van der Waals surface area contributed by atoms with E-state index >= 15 is 0 Å².